The number of amides is 4. The molecule has 0 aliphatic carbocycles. The van der Waals surface area contributed by atoms with Crippen LogP contribution in [0.1, 0.15) is 41.5 Å². The van der Waals surface area contributed by atoms with E-state index in [0.717, 1.165) is 41.5 Å². The Balaban J connectivity index is 5.25. The van der Waals surface area contributed by atoms with Crippen LogP contribution in [0.2, 0.25) is 0 Å². The second kappa shape index (κ2) is 6.99. The first kappa shape index (κ1) is 22.2. The Morgan fingerprint density at radius 1 is 0.520 bits per heavy atom. The third-order valence-corrected chi connectivity index (χ3v) is 3.79. The quantitative estimate of drug-likeness (QED) is 0.462. The third kappa shape index (κ3) is 4.61. The van der Waals surface area contributed by atoms with E-state index in [2.05, 4.69) is 0 Å². The maximum Gasteiger partial charge on any atom is 0.318 e. The highest BCUT2D eigenvalue weighted by Crippen LogP contribution is 2.21. The van der Waals surface area contributed by atoms with Crippen LogP contribution in [0.3, 0.4) is 0 Å². The van der Waals surface area contributed by atoms with Gasteiger partial charge in [0, 0.05) is 0 Å². The number of nitrogens with one attached hydrogen (secondary N) is 2. The molecule has 0 saturated heterocycles. The molecule has 0 fully saturated rings. The molecule has 0 saturated carbocycles. The standard InChI is InChI=1S/C15H22N2O8/c1-13(2,7(18)16-9(20)14(3,4)11(22)23)8(19)17-10(21)15(5,6)12(24)25/h1-6H3,(H,22,23)(H,24,25)(H,16,18,20)(H,17,19,21). The van der Waals surface area contributed by atoms with Crippen LogP contribution in [0.4, 0.5) is 0 Å². The summed E-state index contributed by atoms with van der Waals surface area (Å²) >= 11 is 0. The van der Waals surface area contributed by atoms with Crippen molar-refractivity contribution in [3.05, 3.63) is 0 Å². The van der Waals surface area contributed by atoms with Gasteiger partial charge in [-0.25, -0.2) is 0 Å². The highest BCUT2D eigenvalue weighted by atomic mass is 16.4. The predicted octanol–water partition coefficient (Wildman–Crippen LogP) is -0.480. The number of hydrogen-bond donors (Lipinski definition) is 4. The number of carbonyl (C=O) groups excluding carboxylic acids is 4. The van der Waals surface area contributed by atoms with Gasteiger partial charge >= 0.3 is 11.9 Å². The lowest BCUT2D eigenvalue weighted by Gasteiger charge is -2.26. The SMILES string of the molecule is CC(C)(C(=O)O)C(=O)NC(=O)C(C)(C)C(=O)NC(=O)C(C)(C)C(=O)O. The van der Waals surface area contributed by atoms with E-state index < -0.39 is 51.8 Å². The van der Waals surface area contributed by atoms with E-state index in [9.17, 15) is 28.8 Å². The Kier molecular flexibility index (Phi) is 6.22. The summed E-state index contributed by atoms with van der Waals surface area (Å²) in [7, 11) is 0. The van der Waals surface area contributed by atoms with E-state index >= 15 is 0 Å². The van der Waals surface area contributed by atoms with Gasteiger partial charge in [0.25, 0.3) is 0 Å². The molecule has 0 aliphatic rings. The lowest BCUT2D eigenvalue weighted by molar-refractivity contribution is -0.155. The van der Waals surface area contributed by atoms with E-state index in [-0.39, 0.29) is 0 Å². The highest BCUT2D eigenvalue weighted by Gasteiger charge is 2.44. The van der Waals surface area contributed by atoms with Crippen LogP contribution in [-0.2, 0) is 28.8 Å². The van der Waals surface area contributed by atoms with Crippen molar-refractivity contribution in [2.45, 2.75) is 41.5 Å². The highest BCUT2D eigenvalue weighted by molar-refractivity contribution is 6.17. The second-order valence-electron chi connectivity index (χ2n) is 7.05. The Labute approximate surface area is 144 Å². The van der Waals surface area contributed by atoms with E-state index in [4.69, 9.17) is 10.2 Å². The van der Waals surface area contributed by atoms with Crippen LogP contribution >= 0.6 is 0 Å². The van der Waals surface area contributed by atoms with Gasteiger partial charge in [-0.05, 0) is 41.5 Å². The van der Waals surface area contributed by atoms with Crippen LogP contribution in [-0.4, -0.2) is 45.8 Å². The van der Waals surface area contributed by atoms with E-state index in [1.807, 2.05) is 10.6 Å². The zero-order chi connectivity index (χ0) is 20.4. The Morgan fingerprint density at radius 3 is 0.920 bits per heavy atom. The van der Waals surface area contributed by atoms with Crippen molar-refractivity contribution in [2.75, 3.05) is 0 Å². The predicted molar refractivity (Wildman–Crippen MR) is 82.9 cm³/mol. The summed E-state index contributed by atoms with van der Waals surface area (Å²) in [4.78, 5) is 70.0. The largest absolute Gasteiger partial charge is 0.480 e. The lowest BCUT2D eigenvalue weighted by atomic mass is 9.87. The molecule has 0 spiro atoms. The van der Waals surface area contributed by atoms with Gasteiger partial charge in [-0.3, -0.25) is 39.4 Å². The summed E-state index contributed by atoms with van der Waals surface area (Å²) in [6.45, 7) is 6.49. The molecule has 10 nitrogen and oxygen atoms in total. The summed E-state index contributed by atoms with van der Waals surface area (Å²) in [6, 6.07) is 0. The fraction of sp³-hybridized carbons (Fsp3) is 0.600. The molecule has 25 heavy (non-hydrogen) atoms. The minimum Gasteiger partial charge on any atom is -0.480 e. The zero-order valence-corrected chi connectivity index (χ0v) is 14.8. The van der Waals surface area contributed by atoms with Crippen molar-refractivity contribution in [2.24, 2.45) is 16.2 Å². The van der Waals surface area contributed by atoms with Gasteiger partial charge in [0.05, 0.1) is 0 Å². The normalized spacial score (nSPS) is 12.1. The van der Waals surface area contributed by atoms with Gasteiger partial charge in [-0.1, -0.05) is 0 Å². The fourth-order valence-electron chi connectivity index (χ4n) is 1.13. The first-order valence-electron chi connectivity index (χ1n) is 7.17. The van der Waals surface area contributed by atoms with Crippen molar-refractivity contribution in [3.8, 4) is 0 Å². The molecule has 0 bridgehead atoms. The van der Waals surface area contributed by atoms with Crippen molar-refractivity contribution in [1.29, 1.82) is 0 Å². The van der Waals surface area contributed by atoms with Gasteiger partial charge in [0.15, 0.2) is 0 Å². The topological polar surface area (TPSA) is 167 Å². The summed E-state index contributed by atoms with van der Waals surface area (Å²) in [5.74, 6) is -7.49. The first-order chi connectivity index (χ1) is 11.0. The van der Waals surface area contributed by atoms with Crippen LogP contribution < -0.4 is 10.6 Å². The van der Waals surface area contributed by atoms with Crippen molar-refractivity contribution in [3.63, 3.8) is 0 Å². The maximum absolute atomic E-state index is 12.1. The molecule has 10 heteroatoms. The Morgan fingerprint density at radius 2 is 0.720 bits per heavy atom. The molecule has 0 rings (SSSR count). The molecule has 140 valence electrons. The summed E-state index contributed by atoms with van der Waals surface area (Å²) in [5, 5.41) is 21.5. The zero-order valence-electron chi connectivity index (χ0n) is 14.8. The smallest absolute Gasteiger partial charge is 0.318 e. The molecule has 0 aliphatic heterocycles. The molecule has 4 N–H and O–H groups in total. The Hall–Kier alpha value is -2.78. The van der Waals surface area contributed by atoms with Crippen molar-refractivity contribution in [1.82, 2.24) is 10.6 Å². The number of aliphatic carboxylic acids is 2. The number of rotatable bonds is 6. The molecule has 0 atom stereocenters. The van der Waals surface area contributed by atoms with Crippen LogP contribution in [0.5, 0.6) is 0 Å². The van der Waals surface area contributed by atoms with Gasteiger partial charge in [0.2, 0.25) is 23.6 Å². The van der Waals surface area contributed by atoms with E-state index in [1.165, 1.54) is 0 Å². The van der Waals surface area contributed by atoms with Crippen LogP contribution in [0.15, 0.2) is 0 Å². The van der Waals surface area contributed by atoms with Gasteiger partial charge in [-0.15, -0.1) is 0 Å². The van der Waals surface area contributed by atoms with Crippen molar-refractivity contribution >= 4 is 35.6 Å². The number of carboxylic acid groups (broad SMARTS) is 2. The molecule has 0 aromatic heterocycles. The molecular weight excluding hydrogens is 336 g/mol. The molecule has 0 unspecified atom stereocenters. The van der Waals surface area contributed by atoms with E-state index in [1.54, 1.807) is 0 Å². The van der Waals surface area contributed by atoms with Crippen LogP contribution in [0.25, 0.3) is 0 Å². The minimum atomic E-state index is -1.94. The molecule has 0 heterocycles. The number of carbonyl (C=O) groups is 6. The monoisotopic (exact) mass is 358 g/mol. The number of carboxylic acids is 2. The minimum absolute atomic E-state index is 1.07. The molecule has 0 aromatic carbocycles. The molecular formula is C15H22N2O8. The average molecular weight is 358 g/mol. The summed E-state index contributed by atoms with van der Waals surface area (Å²) in [6.07, 6.45) is 0. The number of hydrogen-bond acceptors (Lipinski definition) is 6. The van der Waals surface area contributed by atoms with Gasteiger partial charge in [0.1, 0.15) is 16.2 Å². The first-order valence-corrected chi connectivity index (χ1v) is 7.17. The summed E-state index contributed by atoms with van der Waals surface area (Å²) < 4.78 is 0. The third-order valence-electron chi connectivity index (χ3n) is 3.79. The molecule has 4 amide bonds. The van der Waals surface area contributed by atoms with Gasteiger partial charge in [-0.2, -0.15) is 0 Å². The molecule has 0 radical (unpaired) electrons. The van der Waals surface area contributed by atoms with Crippen molar-refractivity contribution < 1.29 is 39.0 Å². The number of imide groups is 2. The second-order valence-corrected chi connectivity index (χ2v) is 7.05. The summed E-state index contributed by atoms with van der Waals surface area (Å²) in [5.41, 5.74) is -5.76. The molecule has 0 aromatic rings. The maximum atomic E-state index is 12.1. The van der Waals surface area contributed by atoms with E-state index in [0.29, 0.717) is 0 Å². The van der Waals surface area contributed by atoms with Crippen LogP contribution in [0, 0.1) is 16.2 Å². The Bertz CT molecular complexity index is 592. The fourth-order valence-corrected chi connectivity index (χ4v) is 1.13. The van der Waals surface area contributed by atoms with Gasteiger partial charge < -0.3 is 10.2 Å². The lowest BCUT2D eigenvalue weighted by Crippen LogP contribution is -2.55. The average Bonchev–Trinajstić information content (AvgIpc) is 2.45.